The second-order valence-electron chi connectivity index (χ2n) is 8.07. The number of aliphatic hydroxyl groups is 1. The Morgan fingerprint density at radius 3 is 1.29 bits per heavy atom. The fraction of sp³-hybridized carbons (Fsp3) is 1.00. The minimum absolute atomic E-state index is 0. The Balaban J connectivity index is 0. The number of hydrogen-bond acceptors (Lipinski definition) is 4. The molecule has 0 aromatic rings. The van der Waals surface area contributed by atoms with Crippen molar-refractivity contribution in [1.82, 2.24) is 0 Å². The molecule has 0 heterocycles. The number of aliphatic hydroxyl groups excluding tert-OH is 1. The van der Waals surface area contributed by atoms with Crippen molar-refractivity contribution in [3.63, 3.8) is 0 Å². The molecular weight excluding hydrogens is 399 g/mol. The van der Waals surface area contributed by atoms with Crippen molar-refractivity contribution in [2.75, 3.05) is 6.61 Å². The largest absolute Gasteiger partial charge is 1.00 e. The summed E-state index contributed by atoms with van der Waals surface area (Å²) in [5.74, 6) is 0. The van der Waals surface area contributed by atoms with Gasteiger partial charge in [0.15, 0.2) is 0 Å². The van der Waals surface area contributed by atoms with Gasteiger partial charge >= 0.3 is 51.4 Å². The van der Waals surface area contributed by atoms with Gasteiger partial charge in [0, 0.05) is 11.9 Å². The third kappa shape index (κ3) is 22.2. The van der Waals surface area contributed by atoms with E-state index in [0.29, 0.717) is 19.4 Å². The zero-order valence-corrected chi connectivity index (χ0v) is 22.7. The number of hydrogen-bond donors (Lipinski definition) is 1. The Labute approximate surface area is 218 Å². The summed E-state index contributed by atoms with van der Waals surface area (Å²) in [6, 6.07) is 0. The van der Waals surface area contributed by atoms with E-state index in [-0.39, 0.29) is 51.4 Å². The van der Waals surface area contributed by atoms with Gasteiger partial charge in [-0.1, -0.05) is 110 Å². The van der Waals surface area contributed by atoms with Crippen LogP contribution in [-0.2, 0) is 10.1 Å². The van der Waals surface area contributed by atoms with Gasteiger partial charge in [-0.25, -0.2) is 8.42 Å². The molecule has 0 bridgehead atoms. The van der Waals surface area contributed by atoms with Crippen LogP contribution in [-0.4, -0.2) is 29.9 Å². The van der Waals surface area contributed by atoms with Gasteiger partial charge in [-0.2, -0.15) is 0 Å². The van der Waals surface area contributed by atoms with Crippen LogP contribution in [0.15, 0.2) is 0 Å². The minimum atomic E-state index is -4.13. The molecule has 0 aliphatic heterocycles. The maximum absolute atomic E-state index is 11.3. The third-order valence-corrected chi connectivity index (χ3v) is 6.76. The van der Waals surface area contributed by atoms with Crippen molar-refractivity contribution in [1.29, 1.82) is 0 Å². The summed E-state index contributed by atoms with van der Waals surface area (Å²) >= 11 is 0. The van der Waals surface area contributed by atoms with E-state index >= 15 is 0 Å². The summed E-state index contributed by atoms with van der Waals surface area (Å²) in [5, 5.41) is 8.06. The number of rotatable bonds is 21. The van der Waals surface area contributed by atoms with E-state index in [9.17, 15) is 13.0 Å². The average Bonchev–Trinajstić information content (AvgIpc) is 2.62. The van der Waals surface area contributed by atoms with Crippen molar-refractivity contribution in [3.8, 4) is 0 Å². The van der Waals surface area contributed by atoms with Gasteiger partial charge in [-0.3, -0.25) is 0 Å². The molecule has 0 rings (SSSR count). The van der Waals surface area contributed by atoms with Crippen molar-refractivity contribution < 1.29 is 69.5 Å². The van der Waals surface area contributed by atoms with Crippen LogP contribution in [0.25, 0.3) is 0 Å². The van der Waals surface area contributed by atoms with Gasteiger partial charge in [-0.15, -0.1) is 0 Å². The maximum Gasteiger partial charge on any atom is 1.00 e. The molecule has 4 nitrogen and oxygen atoms in total. The summed E-state index contributed by atoms with van der Waals surface area (Å²) in [6.07, 6.45) is 20.9. The molecule has 0 fully saturated rings. The quantitative estimate of drug-likeness (QED) is 0.167. The summed E-state index contributed by atoms with van der Waals surface area (Å²) in [4.78, 5) is 0. The van der Waals surface area contributed by atoms with Crippen molar-refractivity contribution in [3.05, 3.63) is 0 Å². The van der Waals surface area contributed by atoms with E-state index < -0.39 is 15.4 Å². The SMILES string of the molecule is CCCCCC(CCCCCCCCCCCCCCCCO)S(=O)(=O)[O-].[K+]. The first kappa shape index (κ1) is 31.7. The minimum Gasteiger partial charge on any atom is -0.748 e. The molecule has 0 spiro atoms. The smallest absolute Gasteiger partial charge is 0.748 e. The molecule has 0 saturated carbocycles. The van der Waals surface area contributed by atoms with Crippen LogP contribution < -0.4 is 51.4 Å². The van der Waals surface area contributed by atoms with E-state index in [1.165, 1.54) is 57.8 Å². The molecular formula is C22H45KO4S. The molecule has 1 unspecified atom stereocenters. The third-order valence-electron chi connectivity index (χ3n) is 5.47. The summed E-state index contributed by atoms with van der Waals surface area (Å²) in [7, 11) is -4.13. The Bertz CT molecular complexity index is 401. The van der Waals surface area contributed by atoms with Gasteiger partial charge in [0.1, 0.15) is 0 Å². The van der Waals surface area contributed by atoms with Crippen LogP contribution in [0.2, 0.25) is 0 Å². The van der Waals surface area contributed by atoms with Gasteiger partial charge < -0.3 is 9.66 Å². The van der Waals surface area contributed by atoms with E-state index in [0.717, 1.165) is 51.4 Å². The monoisotopic (exact) mass is 444 g/mol. The van der Waals surface area contributed by atoms with Crippen LogP contribution in [0.3, 0.4) is 0 Å². The molecule has 0 radical (unpaired) electrons. The summed E-state index contributed by atoms with van der Waals surface area (Å²) < 4.78 is 34.0. The zero-order valence-electron chi connectivity index (χ0n) is 18.8. The molecule has 6 heteroatoms. The topological polar surface area (TPSA) is 77.4 Å². The van der Waals surface area contributed by atoms with Crippen LogP contribution in [0.4, 0.5) is 0 Å². The van der Waals surface area contributed by atoms with Crippen molar-refractivity contribution >= 4 is 10.1 Å². The standard InChI is InChI=1S/C22H46O4S.K/c1-2-3-16-19-22(27(24,25)26)20-17-14-12-10-8-6-4-5-7-9-11-13-15-18-21-23;/h22-23H,2-21H2,1H3,(H,24,25,26);/q;+1/p-1. The molecule has 28 heavy (non-hydrogen) atoms. The molecule has 0 aromatic heterocycles. The van der Waals surface area contributed by atoms with Gasteiger partial charge in [0.25, 0.3) is 0 Å². The van der Waals surface area contributed by atoms with E-state index in [4.69, 9.17) is 5.11 Å². The van der Waals surface area contributed by atoms with Crippen LogP contribution in [0.1, 0.15) is 129 Å². The normalized spacial score (nSPS) is 12.7. The van der Waals surface area contributed by atoms with Gasteiger partial charge in [-0.05, 0) is 19.3 Å². The first-order valence-electron chi connectivity index (χ1n) is 11.6. The molecule has 164 valence electrons. The second kappa shape index (κ2) is 23.2. The molecule has 1 N–H and O–H groups in total. The molecule has 1 atom stereocenters. The maximum atomic E-state index is 11.3. The summed E-state index contributed by atoms with van der Waals surface area (Å²) in [6.45, 7) is 2.42. The first-order valence-corrected chi connectivity index (χ1v) is 13.0. The Kier molecular flexibility index (Phi) is 26.2. The Hall–Kier alpha value is 1.51. The summed E-state index contributed by atoms with van der Waals surface area (Å²) in [5.41, 5.74) is 0. The van der Waals surface area contributed by atoms with E-state index in [1.54, 1.807) is 0 Å². The molecule has 0 aliphatic rings. The molecule has 0 aromatic carbocycles. The predicted molar refractivity (Wildman–Crippen MR) is 114 cm³/mol. The van der Waals surface area contributed by atoms with Crippen LogP contribution >= 0.6 is 0 Å². The van der Waals surface area contributed by atoms with Crippen LogP contribution in [0, 0.1) is 0 Å². The fourth-order valence-electron chi connectivity index (χ4n) is 3.66. The molecule has 0 saturated heterocycles. The van der Waals surface area contributed by atoms with E-state index in [1.807, 2.05) is 0 Å². The average molecular weight is 445 g/mol. The number of unbranched alkanes of at least 4 members (excludes halogenated alkanes) is 15. The fourth-order valence-corrected chi connectivity index (χ4v) is 4.57. The van der Waals surface area contributed by atoms with Crippen molar-refractivity contribution in [2.24, 2.45) is 0 Å². The molecule has 0 amide bonds. The second-order valence-corrected chi connectivity index (χ2v) is 9.72. The van der Waals surface area contributed by atoms with Crippen LogP contribution in [0.5, 0.6) is 0 Å². The zero-order chi connectivity index (χ0) is 20.2. The van der Waals surface area contributed by atoms with E-state index in [2.05, 4.69) is 6.92 Å². The molecule has 0 aliphatic carbocycles. The predicted octanol–water partition coefficient (Wildman–Crippen LogP) is 3.33. The van der Waals surface area contributed by atoms with Crippen molar-refractivity contribution in [2.45, 2.75) is 134 Å². The Morgan fingerprint density at radius 2 is 0.964 bits per heavy atom. The first-order chi connectivity index (χ1) is 13.0. The Morgan fingerprint density at radius 1 is 0.643 bits per heavy atom. The van der Waals surface area contributed by atoms with Gasteiger partial charge in [0.2, 0.25) is 0 Å². The van der Waals surface area contributed by atoms with Gasteiger partial charge in [0.05, 0.1) is 10.1 Å².